The molecule has 2 N–H and O–H groups in total. The Morgan fingerprint density at radius 3 is 2.63 bits per heavy atom. The Balaban J connectivity index is 4.40. The molecule has 0 aromatic heterocycles. The number of amides is 2. The van der Waals surface area contributed by atoms with E-state index in [2.05, 4.69) is 26.9 Å². The molecule has 0 fully saturated rings. The van der Waals surface area contributed by atoms with Crippen LogP contribution in [0.25, 0.3) is 0 Å². The molecule has 0 aromatic carbocycles. The number of hydrogen-bond donors (Lipinski definition) is 2. The van der Waals surface area contributed by atoms with Gasteiger partial charge in [-0.2, -0.15) is 8.78 Å². The minimum Gasteiger partial charge on any atom is -0.417 e. The first-order valence-electron chi connectivity index (χ1n) is 5.79. The van der Waals surface area contributed by atoms with Crippen LogP contribution in [0.2, 0.25) is 0 Å². The lowest BCUT2D eigenvalue weighted by atomic mass is 10.2. The molecule has 0 aliphatic heterocycles. The summed E-state index contributed by atoms with van der Waals surface area (Å²) in [5.74, 6) is -0.222. The molecule has 0 rings (SSSR count). The van der Waals surface area contributed by atoms with Crippen LogP contribution in [-0.2, 0) is 4.74 Å². The van der Waals surface area contributed by atoms with Crippen LogP contribution in [0.4, 0.5) is 13.6 Å². The van der Waals surface area contributed by atoms with Gasteiger partial charge in [-0.25, -0.2) is 4.79 Å². The highest BCUT2D eigenvalue weighted by Crippen LogP contribution is 2.02. The maximum atomic E-state index is 12.0. The third-order valence-electron chi connectivity index (χ3n) is 1.99. The number of halogens is 2. The Kier molecular flexibility index (Phi) is 9.03. The van der Waals surface area contributed by atoms with Crippen LogP contribution in [0.15, 0.2) is 29.3 Å². The molecule has 5 nitrogen and oxygen atoms in total. The first-order chi connectivity index (χ1) is 9.03. The number of aliphatic imine (C=N–C) groups is 1. The summed E-state index contributed by atoms with van der Waals surface area (Å²) in [6.45, 7) is 3.23. The predicted octanol–water partition coefficient (Wildman–Crippen LogP) is 2.08. The van der Waals surface area contributed by atoms with Crippen molar-refractivity contribution in [2.45, 2.75) is 20.0 Å². The maximum absolute atomic E-state index is 12.0. The van der Waals surface area contributed by atoms with Crippen molar-refractivity contribution >= 4 is 11.9 Å². The standard InChI is InChI=1S/C12H19F2N3O2/c1-4-6-16-12(18)17-8-9(5-2)7-10(15-3)19-11(13)14/h5,7,11H,2,4,6,8H2,1,3H3,(H2,16,17,18)/b9-7+,15-10?. The van der Waals surface area contributed by atoms with Gasteiger partial charge in [-0.3, -0.25) is 4.99 Å². The van der Waals surface area contributed by atoms with Gasteiger partial charge < -0.3 is 15.4 Å². The largest absolute Gasteiger partial charge is 0.417 e. The molecule has 108 valence electrons. The molecule has 0 radical (unpaired) electrons. The molecule has 0 atom stereocenters. The van der Waals surface area contributed by atoms with Crippen molar-refractivity contribution in [2.24, 2.45) is 4.99 Å². The number of alkyl halides is 2. The van der Waals surface area contributed by atoms with Gasteiger partial charge in [0.2, 0.25) is 5.90 Å². The van der Waals surface area contributed by atoms with E-state index in [1.165, 1.54) is 19.2 Å². The summed E-state index contributed by atoms with van der Waals surface area (Å²) in [5, 5.41) is 5.18. The van der Waals surface area contributed by atoms with Crippen molar-refractivity contribution in [1.82, 2.24) is 10.6 Å². The lowest BCUT2D eigenvalue weighted by Gasteiger charge is -2.08. The van der Waals surface area contributed by atoms with E-state index >= 15 is 0 Å². The Morgan fingerprint density at radius 2 is 2.16 bits per heavy atom. The minimum absolute atomic E-state index is 0.144. The van der Waals surface area contributed by atoms with Gasteiger partial charge in [0.15, 0.2) is 0 Å². The number of nitrogens with zero attached hydrogens (tertiary/aromatic N) is 1. The van der Waals surface area contributed by atoms with Crippen LogP contribution in [0.5, 0.6) is 0 Å². The Morgan fingerprint density at radius 1 is 1.47 bits per heavy atom. The zero-order valence-electron chi connectivity index (χ0n) is 11.1. The van der Waals surface area contributed by atoms with E-state index in [0.29, 0.717) is 12.1 Å². The summed E-state index contributed by atoms with van der Waals surface area (Å²) in [5.41, 5.74) is 0.507. The van der Waals surface area contributed by atoms with Crippen molar-refractivity contribution in [3.63, 3.8) is 0 Å². The van der Waals surface area contributed by atoms with Crippen molar-refractivity contribution in [1.29, 1.82) is 0 Å². The van der Waals surface area contributed by atoms with Gasteiger partial charge in [0.05, 0.1) is 0 Å². The monoisotopic (exact) mass is 275 g/mol. The number of rotatable bonds is 7. The second kappa shape index (κ2) is 10.0. The molecular formula is C12H19F2N3O2. The summed E-state index contributed by atoms with van der Waals surface area (Å²) in [6.07, 6.45) is 3.55. The van der Waals surface area contributed by atoms with Crippen LogP contribution < -0.4 is 10.6 Å². The number of carbonyl (C=O) groups is 1. The zero-order chi connectivity index (χ0) is 14.7. The third kappa shape index (κ3) is 8.76. The first-order valence-corrected chi connectivity index (χ1v) is 5.79. The van der Waals surface area contributed by atoms with Gasteiger partial charge in [-0.1, -0.05) is 19.6 Å². The normalized spacial score (nSPS) is 12.3. The molecule has 0 aliphatic rings. The second-order valence-electron chi connectivity index (χ2n) is 3.47. The van der Waals surface area contributed by atoms with Gasteiger partial charge in [0, 0.05) is 26.2 Å². The number of carbonyl (C=O) groups excluding carboxylic acids is 1. The fraction of sp³-hybridized carbons (Fsp3) is 0.500. The number of nitrogens with one attached hydrogen (secondary N) is 2. The maximum Gasteiger partial charge on any atom is 0.388 e. The molecule has 0 bridgehead atoms. The molecule has 0 saturated carbocycles. The summed E-state index contributed by atoms with van der Waals surface area (Å²) in [7, 11) is 1.33. The highest BCUT2D eigenvalue weighted by molar-refractivity contribution is 5.89. The van der Waals surface area contributed by atoms with Gasteiger partial charge in [-0.05, 0) is 12.0 Å². The third-order valence-corrected chi connectivity index (χ3v) is 1.99. The molecule has 19 heavy (non-hydrogen) atoms. The summed E-state index contributed by atoms with van der Waals surface area (Å²) in [4.78, 5) is 14.8. The van der Waals surface area contributed by atoms with Crippen LogP contribution in [0, 0.1) is 0 Å². The van der Waals surface area contributed by atoms with Gasteiger partial charge in [-0.15, -0.1) is 0 Å². The molecular weight excluding hydrogens is 256 g/mol. The summed E-state index contributed by atoms with van der Waals surface area (Å²) >= 11 is 0. The molecule has 0 heterocycles. The second-order valence-corrected chi connectivity index (χ2v) is 3.47. The van der Waals surface area contributed by atoms with Crippen molar-refractivity contribution in [2.75, 3.05) is 20.1 Å². The Labute approximate surface area is 111 Å². The van der Waals surface area contributed by atoms with Crippen molar-refractivity contribution in [3.05, 3.63) is 24.3 Å². The molecule has 2 amide bonds. The summed E-state index contributed by atoms with van der Waals surface area (Å²) in [6, 6.07) is -0.334. The average molecular weight is 275 g/mol. The number of ether oxygens (including phenoxy) is 1. The van der Waals surface area contributed by atoms with Gasteiger partial charge in [0.1, 0.15) is 0 Å². The predicted molar refractivity (Wildman–Crippen MR) is 70.4 cm³/mol. The number of hydrogen-bond acceptors (Lipinski definition) is 3. The molecule has 0 aliphatic carbocycles. The lowest BCUT2D eigenvalue weighted by Crippen LogP contribution is -2.36. The quantitative estimate of drug-likeness (QED) is 0.424. The van der Waals surface area contributed by atoms with Crippen molar-refractivity contribution < 1.29 is 18.3 Å². The van der Waals surface area contributed by atoms with Gasteiger partial charge in [0.25, 0.3) is 0 Å². The first kappa shape index (κ1) is 17.1. The molecule has 0 spiro atoms. The summed E-state index contributed by atoms with van der Waals surface area (Å²) < 4.78 is 28.3. The topological polar surface area (TPSA) is 62.7 Å². The Bertz CT molecular complexity index is 355. The SMILES string of the molecule is C=C/C(=C\C(=NC)OC(F)F)CNC(=O)NCCC. The van der Waals surface area contributed by atoms with E-state index in [4.69, 9.17) is 0 Å². The zero-order valence-corrected chi connectivity index (χ0v) is 11.1. The molecule has 0 aromatic rings. The highest BCUT2D eigenvalue weighted by atomic mass is 19.3. The Hall–Kier alpha value is -1.92. The van der Waals surface area contributed by atoms with Crippen LogP contribution in [-0.4, -0.2) is 38.7 Å². The van der Waals surface area contributed by atoms with E-state index in [0.717, 1.165) is 6.42 Å². The van der Waals surface area contributed by atoms with Gasteiger partial charge >= 0.3 is 12.6 Å². The van der Waals surface area contributed by atoms with Crippen LogP contribution in [0.1, 0.15) is 13.3 Å². The molecule has 0 unspecified atom stereocenters. The molecule has 0 saturated heterocycles. The van der Waals surface area contributed by atoms with E-state index in [9.17, 15) is 13.6 Å². The molecule has 7 heteroatoms. The average Bonchev–Trinajstić information content (AvgIpc) is 2.39. The van der Waals surface area contributed by atoms with Crippen molar-refractivity contribution in [3.8, 4) is 0 Å². The number of urea groups is 1. The van der Waals surface area contributed by atoms with Crippen LogP contribution in [0.3, 0.4) is 0 Å². The van der Waals surface area contributed by atoms with E-state index in [1.54, 1.807) is 0 Å². The smallest absolute Gasteiger partial charge is 0.388 e. The van der Waals surface area contributed by atoms with E-state index in [-0.39, 0.29) is 18.5 Å². The van der Waals surface area contributed by atoms with E-state index < -0.39 is 6.61 Å². The minimum atomic E-state index is -2.94. The van der Waals surface area contributed by atoms with Crippen LogP contribution >= 0.6 is 0 Å². The highest BCUT2D eigenvalue weighted by Gasteiger charge is 2.07. The lowest BCUT2D eigenvalue weighted by molar-refractivity contribution is -0.0593. The fourth-order valence-electron chi connectivity index (χ4n) is 1.07. The fourth-order valence-corrected chi connectivity index (χ4v) is 1.07. The van der Waals surface area contributed by atoms with E-state index in [1.807, 2.05) is 6.92 Å².